The Hall–Kier alpha value is -2.31. The van der Waals surface area contributed by atoms with Crippen LogP contribution in [-0.4, -0.2) is 38.9 Å². The van der Waals surface area contributed by atoms with Crippen molar-refractivity contribution in [1.82, 2.24) is 4.90 Å². The van der Waals surface area contributed by atoms with E-state index in [0.717, 1.165) is 0 Å². The molecule has 0 radical (unpaired) electrons. The highest BCUT2D eigenvalue weighted by molar-refractivity contribution is 7.92. The third kappa shape index (κ3) is 4.51. The molecule has 7 heteroatoms. The van der Waals surface area contributed by atoms with E-state index in [9.17, 15) is 13.2 Å². The van der Waals surface area contributed by atoms with E-state index in [4.69, 9.17) is 11.6 Å². The van der Waals surface area contributed by atoms with Crippen molar-refractivity contribution in [3.63, 3.8) is 0 Å². The summed E-state index contributed by atoms with van der Waals surface area (Å²) in [7, 11) is -3.93. The summed E-state index contributed by atoms with van der Waals surface area (Å²) < 4.78 is 27.7. The Morgan fingerprint density at radius 3 is 2.37 bits per heavy atom. The number of amides is 1. The average molecular weight is 407 g/mol. The third-order valence-corrected chi connectivity index (χ3v) is 6.23. The second kappa shape index (κ2) is 9.06. The summed E-state index contributed by atoms with van der Waals surface area (Å²) in [6.45, 7) is 8.56. The van der Waals surface area contributed by atoms with Gasteiger partial charge in [-0.2, -0.15) is 0 Å². The van der Waals surface area contributed by atoms with E-state index in [1.165, 1.54) is 22.5 Å². The lowest BCUT2D eigenvalue weighted by Crippen LogP contribution is -2.32. The van der Waals surface area contributed by atoms with Crippen LogP contribution < -0.4 is 4.31 Å². The molecule has 1 amide bonds. The maximum absolute atomic E-state index is 13.3. The van der Waals surface area contributed by atoms with Gasteiger partial charge in [0.15, 0.2) is 0 Å². The van der Waals surface area contributed by atoms with Crippen LogP contribution in [0.2, 0.25) is 5.02 Å². The average Bonchev–Trinajstić information content (AvgIpc) is 2.67. The molecule has 2 aromatic carbocycles. The molecule has 27 heavy (non-hydrogen) atoms. The van der Waals surface area contributed by atoms with E-state index >= 15 is 0 Å². The first-order valence-electron chi connectivity index (χ1n) is 8.64. The summed E-state index contributed by atoms with van der Waals surface area (Å²) in [6.07, 6.45) is 1.49. The van der Waals surface area contributed by atoms with E-state index in [1.807, 2.05) is 13.8 Å². The van der Waals surface area contributed by atoms with Gasteiger partial charge in [-0.3, -0.25) is 9.10 Å². The van der Waals surface area contributed by atoms with E-state index in [-0.39, 0.29) is 17.3 Å². The van der Waals surface area contributed by atoms with Crippen molar-refractivity contribution >= 4 is 33.2 Å². The Kier molecular flexibility index (Phi) is 7.05. The van der Waals surface area contributed by atoms with Crippen LogP contribution in [-0.2, 0) is 10.0 Å². The molecule has 0 fully saturated rings. The first kappa shape index (κ1) is 21.0. The van der Waals surface area contributed by atoms with Crippen LogP contribution in [0.25, 0.3) is 0 Å². The Morgan fingerprint density at radius 1 is 1.11 bits per heavy atom. The fourth-order valence-electron chi connectivity index (χ4n) is 2.71. The van der Waals surface area contributed by atoms with Crippen molar-refractivity contribution in [2.24, 2.45) is 0 Å². The number of halogens is 1. The summed E-state index contributed by atoms with van der Waals surface area (Å²) >= 11 is 6.21. The van der Waals surface area contributed by atoms with Crippen molar-refractivity contribution in [3.05, 3.63) is 71.8 Å². The number of benzene rings is 2. The molecule has 0 saturated carbocycles. The quantitative estimate of drug-likeness (QED) is 0.617. The molecule has 0 unspecified atom stereocenters. The predicted octanol–water partition coefficient (Wildman–Crippen LogP) is 4.20. The van der Waals surface area contributed by atoms with Gasteiger partial charge in [-0.1, -0.05) is 35.9 Å². The fraction of sp³-hybridized carbons (Fsp3) is 0.250. The smallest absolute Gasteiger partial charge is 0.264 e. The van der Waals surface area contributed by atoms with Gasteiger partial charge in [-0.25, -0.2) is 8.42 Å². The highest BCUT2D eigenvalue weighted by Gasteiger charge is 2.26. The molecule has 0 atom stereocenters. The molecule has 0 bridgehead atoms. The minimum absolute atomic E-state index is 0.0299. The summed E-state index contributed by atoms with van der Waals surface area (Å²) in [4.78, 5) is 14.3. The molecule has 144 valence electrons. The van der Waals surface area contributed by atoms with Crippen molar-refractivity contribution in [3.8, 4) is 0 Å². The summed E-state index contributed by atoms with van der Waals surface area (Å²) in [5.41, 5.74) is 0.692. The van der Waals surface area contributed by atoms with E-state index in [1.54, 1.807) is 41.3 Å². The Labute approximate surface area is 165 Å². The zero-order valence-corrected chi connectivity index (χ0v) is 17.0. The summed E-state index contributed by atoms with van der Waals surface area (Å²) in [5, 5.41) is 0.318. The second-order valence-corrected chi connectivity index (χ2v) is 8.05. The standard InChI is InChI=1S/C20H23ClN2O3S/c1-4-14-23(19-13-8-7-12-18(19)21)27(25,26)17-11-9-10-16(15-17)20(24)22(5-2)6-3/h4,7-13,15H,1,5-6,14H2,2-3H3. The van der Waals surface area contributed by atoms with Crippen LogP contribution in [0.3, 0.4) is 0 Å². The summed E-state index contributed by atoms with van der Waals surface area (Å²) in [6, 6.07) is 12.8. The molecule has 0 N–H and O–H groups in total. The number of para-hydroxylation sites is 1. The largest absolute Gasteiger partial charge is 0.339 e. The van der Waals surface area contributed by atoms with Gasteiger partial charge < -0.3 is 4.90 Å². The van der Waals surface area contributed by atoms with Crippen molar-refractivity contribution in [2.75, 3.05) is 23.9 Å². The number of carbonyl (C=O) groups excluding carboxylic acids is 1. The van der Waals surface area contributed by atoms with Crippen LogP contribution in [0.4, 0.5) is 5.69 Å². The number of nitrogens with zero attached hydrogens (tertiary/aromatic N) is 2. The molecule has 0 aliphatic heterocycles. The Bertz CT molecular complexity index is 924. The first-order chi connectivity index (χ1) is 12.9. The fourth-order valence-corrected chi connectivity index (χ4v) is 4.50. The molecule has 0 saturated heterocycles. The lowest BCUT2D eigenvalue weighted by Gasteiger charge is -2.24. The lowest BCUT2D eigenvalue weighted by molar-refractivity contribution is 0.0772. The van der Waals surface area contributed by atoms with Gasteiger partial charge in [-0.05, 0) is 44.2 Å². The molecule has 0 heterocycles. The Morgan fingerprint density at radius 2 is 1.78 bits per heavy atom. The maximum Gasteiger partial charge on any atom is 0.264 e. The van der Waals surface area contributed by atoms with Gasteiger partial charge >= 0.3 is 0 Å². The number of hydrogen-bond donors (Lipinski definition) is 0. The topological polar surface area (TPSA) is 57.7 Å². The highest BCUT2D eigenvalue weighted by Crippen LogP contribution is 2.30. The van der Waals surface area contributed by atoms with E-state index in [2.05, 4.69) is 6.58 Å². The van der Waals surface area contributed by atoms with Crippen molar-refractivity contribution in [2.45, 2.75) is 18.7 Å². The van der Waals surface area contributed by atoms with Gasteiger partial charge in [-0.15, -0.1) is 6.58 Å². The van der Waals surface area contributed by atoms with E-state index < -0.39 is 10.0 Å². The number of rotatable bonds is 8. The molecule has 5 nitrogen and oxygen atoms in total. The monoisotopic (exact) mass is 406 g/mol. The van der Waals surface area contributed by atoms with Gasteiger partial charge in [0.25, 0.3) is 15.9 Å². The minimum atomic E-state index is -3.93. The van der Waals surface area contributed by atoms with Crippen LogP contribution in [0.15, 0.2) is 66.1 Å². The molecule has 0 spiro atoms. The number of carbonyl (C=O) groups is 1. The van der Waals surface area contributed by atoms with Gasteiger partial charge in [0.05, 0.1) is 22.2 Å². The molecule has 0 aliphatic carbocycles. The lowest BCUT2D eigenvalue weighted by atomic mass is 10.2. The second-order valence-electron chi connectivity index (χ2n) is 5.78. The van der Waals surface area contributed by atoms with E-state index in [0.29, 0.717) is 29.4 Å². The van der Waals surface area contributed by atoms with Gasteiger partial charge in [0.1, 0.15) is 0 Å². The van der Waals surface area contributed by atoms with Crippen molar-refractivity contribution < 1.29 is 13.2 Å². The zero-order chi connectivity index (χ0) is 20.0. The number of hydrogen-bond acceptors (Lipinski definition) is 3. The SMILES string of the molecule is C=CCN(c1ccccc1Cl)S(=O)(=O)c1cccc(C(=O)N(CC)CC)c1. The predicted molar refractivity (Wildman–Crippen MR) is 110 cm³/mol. The molecule has 2 aromatic rings. The highest BCUT2D eigenvalue weighted by atomic mass is 35.5. The molecule has 0 aliphatic rings. The van der Waals surface area contributed by atoms with Gasteiger partial charge in [0, 0.05) is 18.7 Å². The van der Waals surface area contributed by atoms with Gasteiger partial charge in [0.2, 0.25) is 0 Å². The maximum atomic E-state index is 13.3. The summed E-state index contributed by atoms with van der Waals surface area (Å²) in [5.74, 6) is -0.204. The Balaban J connectivity index is 2.51. The van der Waals surface area contributed by atoms with Crippen molar-refractivity contribution in [1.29, 1.82) is 0 Å². The third-order valence-electron chi connectivity index (χ3n) is 4.14. The van der Waals surface area contributed by atoms with Crippen LogP contribution >= 0.6 is 11.6 Å². The first-order valence-corrected chi connectivity index (χ1v) is 10.5. The van der Waals surface area contributed by atoms with Crippen LogP contribution in [0, 0.1) is 0 Å². The van der Waals surface area contributed by atoms with Crippen LogP contribution in [0.1, 0.15) is 24.2 Å². The zero-order valence-electron chi connectivity index (χ0n) is 15.4. The molecule has 2 rings (SSSR count). The van der Waals surface area contributed by atoms with Crippen LogP contribution in [0.5, 0.6) is 0 Å². The molecule has 0 aromatic heterocycles. The molecular weight excluding hydrogens is 384 g/mol. The number of anilines is 1. The molecular formula is C20H23ClN2O3S. The normalized spacial score (nSPS) is 11.1. The number of sulfonamides is 1. The minimum Gasteiger partial charge on any atom is -0.339 e.